The average molecular weight is 532 g/mol. The fourth-order valence-corrected chi connectivity index (χ4v) is 6.20. The van der Waals surface area contributed by atoms with Gasteiger partial charge in [-0.15, -0.1) is 11.8 Å². The van der Waals surface area contributed by atoms with Crippen LogP contribution in [0, 0.1) is 0 Å². The van der Waals surface area contributed by atoms with Gasteiger partial charge in [0.2, 0.25) is 0 Å². The summed E-state index contributed by atoms with van der Waals surface area (Å²) in [5.74, 6) is -0.449. The molecule has 2 aromatic carbocycles. The molecule has 0 amide bonds. The summed E-state index contributed by atoms with van der Waals surface area (Å²) in [6.45, 7) is 8.39. The molecule has 8 heteroatoms. The minimum atomic E-state index is -0.613. The number of rotatable bonds is 6. The van der Waals surface area contributed by atoms with Crippen molar-refractivity contribution in [3.05, 3.63) is 96.8 Å². The van der Waals surface area contributed by atoms with E-state index in [1.807, 2.05) is 69.5 Å². The number of hydrogen-bond acceptors (Lipinski definition) is 6. The first kappa shape index (κ1) is 25.3. The molecule has 1 aliphatic rings. The number of thiazole rings is 1. The van der Waals surface area contributed by atoms with E-state index in [1.165, 1.54) is 11.3 Å². The third-order valence-corrected chi connectivity index (χ3v) is 8.19. The van der Waals surface area contributed by atoms with E-state index in [-0.39, 0.29) is 11.7 Å². The van der Waals surface area contributed by atoms with Gasteiger partial charge in [-0.05, 0) is 63.8 Å². The van der Waals surface area contributed by atoms with Gasteiger partial charge in [0.25, 0.3) is 5.56 Å². The molecule has 0 unspecified atom stereocenters. The zero-order valence-electron chi connectivity index (χ0n) is 21.5. The number of allylic oxidation sites excluding steroid dienone is 1. The van der Waals surface area contributed by atoms with E-state index in [0.29, 0.717) is 20.6 Å². The number of aryl methyl sites for hydroxylation is 1. The standard InChI is InChI=1S/C29H29N3O3S2/c1-6-31-16-20(22-9-7-8-10-23(22)31)15-24-27(33)32-26(19-11-13-21(36-5)14-12-19)25(28(34)35-17(2)3)18(4)30-29(32)37-24/h7-17,26H,6H2,1-5H3/b24-15-/t26-/m0/s1. The van der Waals surface area contributed by atoms with E-state index in [2.05, 4.69) is 29.8 Å². The Hall–Kier alpha value is -3.36. The number of ether oxygens (including phenoxy) is 1. The topological polar surface area (TPSA) is 65.6 Å². The smallest absolute Gasteiger partial charge is 0.338 e. The Kier molecular flexibility index (Phi) is 6.96. The molecule has 0 saturated heterocycles. The summed E-state index contributed by atoms with van der Waals surface area (Å²) in [7, 11) is 0. The van der Waals surface area contributed by atoms with Gasteiger partial charge >= 0.3 is 5.97 Å². The summed E-state index contributed by atoms with van der Waals surface area (Å²) in [5.41, 5.74) is 3.76. The van der Waals surface area contributed by atoms with Crippen molar-refractivity contribution in [2.24, 2.45) is 4.99 Å². The predicted molar refractivity (Wildman–Crippen MR) is 151 cm³/mol. The maximum atomic E-state index is 13.9. The summed E-state index contributed by atoms with van der Waals surface area (Å²) in [5, 5.41) is 1.09. The SMILES string of the molecule is CCn1cc(/C=c2\sc3n(c2=O)[C@@H](c2ccc(SC)cc2)C(C(=O)OC(C)C)=C(C)N=3)c2ccccc21. The van der Waals surface area contributed by atoms with Crippen LogP contribution in [0.5, 0.6) is 0 Å². The Labute approximate surface area is 223 Å². The Morgan fingerprint density at radius 1 is 1.19 bits per heavy atom. The number of esters is 1. The second kappa shape index (κ2) is 10.2. The van der Waals surface area contributed by atoms with Crippen molar-refractivity contribution < 1.29 is 9.53 Å². The second-order valence-electron chi connectivity index (χ2n) is 9.20. The number of para-hydroxylation sites is 1. The van der Waals surface area contributed by atoms with Crippen molar-refractivity contribution in [3.63, 3.8) is 0 Å². The van der Waals surface area contributed by atoms with Crippen molar-refractivity contribution in [1.82, 2.24) is 9.13 Å². The van der Waals surface area contributed by atoms with Crippen LogP contribution in [0.2, 0.25) is 0 Å². The van der Waals surface area contributed by atoms with E-state index < -0.39 is 12.0 Å². The van der Waals surface area contributed by atoms with Crippen LogP contribution in [0.15, 0.2) is 80.7 Å². The predicted octanol–water partition coefficient (Wildman–Crippen LogP) is 4.88. The van der Waals surface area contributed by atoms with Crippen LogP contribution < -0.4 is 14.9 Å². The van der Waals surface area contributed by atoms with E-state index in [9.17, 15) is 9.59 Å². The number of nitrogens with zero attached hydrogens (tertiary/aromatic N) is 3. The molecule has 0 radical (unpaired) electrons. The first-order chi connectivity index (χ1) is 17.8. The monoisotopic (exact) mass is 531 g/mol. The van der Waals surface area contributed by atoms with E-state index >= 15 is 0 Å². The Morgan fingerprint density at radius 3 is 2.59 bits per heavy atom. The van der Waals surface area contributed by atoms with E-state index in [0.717, 1.165) is 33.5 Å². The Morgan fingerprint density at radius 2 is 1.92 bits per heavy atom. The number of benzene rings is 2. The summed E-state index contributed by atoms with van der Waals surface area (Å²) < 4.78 is 10.00. The van der Waals surface area contributed by atoms with Gasteiger partial charge in [0.05, 0.1) is 27.9 Å². The molecule has 0 fully saturated rings. The third-order valence-electron chi connectivity index (χ3n) is 6.46. The molecule has 37 heavy (non-hydrogen) atoms. The van der Waals surface area contributed by atoms with Gasteiger partial charge in [-0.1, -0.05) is 41.7 Å². The van der Waals surface area contributed by atoms with Gasteiger partial charge in [-0.2, -0.15) is 0 Å². The lowest BCUT2D eigenvalue weighted by atomic mass is 9.96. The van der Waals surface area contributed by atoms with Gasteiger partial charge in [0.15, 0.2) is 4.80 Å². The lowest BCUT2D eigenvalue weighted by molar-refractivity contribution is -0.143. The highest BCUT2D eigenvalue weighted by atomic mass is 32.2. The quantitative estimate of drug-likeness (QED) is 0.263. The van der Waals surface area contributed by atoms with Crippen molar-refractivity contribution in [2.45, 2.75) is 51.3 Å². The molecule has 3 heterocycles. The van der Waals surface area contributed by atoms with Gasteiger partial charge in [0.1, 0.15) is 0 Å². The number of fused-ring (bicyclic) bond motifs is 2. The number of hydrogen-bond donors (Lipinski definition) is 0. The lowest BCUT2D eigenvalue weighted by Crippen LogP contribution is -2.40. The first-order valence-electron chi connectivity index (χ1n) is 12.3. The average Bonchev–Trinajstić information content (AvgIpc) is 3.39. The van der Waals surface area contributed by atoms with Gasteiger partial charge in [-0.3, -0.25) is 9.36 Å². The summed E-state index contributed by atoms with van der Waals surface area (Å²) in [4.78, 5) is 33.6. The first-order valence-corrected chi connectivity index (χ1v) is 14.3. The Bertz CT molecular complexity index is 1710. The van der Waals surface area contributed by atoms with Gasteiger partial charge < -0.3 is 9.30 Å². The number of carbonyl (C=O) groups is 1. The minimum absolute atomic E-state index is 0.168. The largest absolute Gasteiger partial charge is 0.459 e. The molecule has 0 spiro atoms. The molecular formula is C29H29N3O3S2. The number of carbonyl (C=O) groups excluding carboxylic acids is 1. The molecule has 190 valence electrons. The highest BCUT2D eigenvalue weighted by Crippen LogP contribution is 2.32. The molecule has 1 aliphatic heterocycles. The van der Waals surface area contributed by atoms with Gasteiger partial charge in [-0.25, -0.2) is 9.79 Å². The molecule has 1 atom stereocenters. The summed E-state index contributed by atoms with van der Waals surface area (Å²) in [6, 6.07) is 15.6. The van der Waals surface area contributed by atoms with Crippen LogP contribution in [0.4, 0.5) is 0 Å². The second-order valence-corrected chi connectivity index (χ2v) is 11.1. The van der Waals surface area contributed by atoms with Crippen molar-refractivity contribution in [3.8, 4) is 0 Å². The van der Waals surface area contributed by atoms with E-state index in [1.54, 1.807) is 16.3 Å². The van der Waals surface area contributed by atoms with Crippen LogP contribution >= 0.6 is 23.1 Å². The molecule has 5 rings (SSSR count). The Balaban J connectivity index is 1.73. The highest BCUT2D eigenvalue weighted by Gasteiger charge is 2.33. The van der Waals surface area contributed by atoms with Crippen molar-refractivity contribution in [1.29, 1.82) is 0 Å². The van der Waals surface area contributed by atoms with Gasteiger partial charge in [0, 0.05) is 34.1 Å². The minimum Gasteiger partial charge on any atom is -0.459 e. The number of thioether (sulfide) groups is 1. The van der Waals surface area contributed by atoms with Crippen LogP contribution in [0.25, 0.3) is 17.0 Å². The van der Waals surface area contributed by atoms with Crippen LogP contribution in [-0.4, -0.2) is 27.5 Å². The summed E-state index contributed by atoms with van der Waals surface area (Å²) in [6.07, 6.45) is 5.76. The highest BCUT2D eigenvalue weighted by molar-refractivity contribution is 7.98. The van der Waals surface area contributed by atoms with Crippen LogP contribution in [0.3, 0.4) is 0 Å². The molecule has 0 saturated carbocycles. The van der Waals surface area contributed by atoms with Crippen LogP contribution in [-0.2, 0) is 16.1 Å². The fourth-order valence-electron chi connectivity index (χ4n) is 4.75. The molecule has 0 aliphatic carbocycles. The molecule has 0 N–H and O–H groups in total. The molecular weight excluding hydrogens is 502 g/mol. The molecule has 2 aromatic heterocycles. The van der Waals surface area contributed by atoms with E-state index in [4.69, 9.17) is 9.73 Å². The lowest BCUT2D eigenvalue weighted by Gasteiger charge is -2.25. The number of aromatic nitrogens is 2. The van der Waals surface area contributed by atoms with Crippen molar-refractivity contribution in [2.75, 3.05) is 6.26 Å². The maximum absolute atomic E-state index is 13.9. The van der Waals surface area contributed by atoms with Crippen molar-refractivity contribution >= 4 is 46.0 Å². The molecule has 4 aromatic rings. The maximum Gasteiger partial charge on any atom is 0.338 e. The zero-order chi connectivity index (χ0) is 26.3. The normalized spacial score (nSPS) is 15.8. The zero-order valence-corrected chi connectivity index (χ0v) is 23.2. The third kappa shape index (κ3) is 4.60. The van der Waals surface area contributed by atoms with Crippen LogP contribution in [0.1, 0.15) is 44.9 Å². The molecule has 6 nitrogen and oxygen atoms in total. The molecule has 0 bridgehead atoms. The summed E-state index contributed by atoms with van der Waals surface area (Å²) >= 11 is 2.99. The fraction of sp³-hybridized carbons (Fsp3) is 0.276.